The summed E-state index contributed by atoms with van der Waals surface area (Å²) in [6.45, 7) is 4.03. The van der Waals surface area contributed by atoms with E-state index in [-0.39, 0.29) is 17.3 Å². The van der Waals surface area contributed by atoms with Crippen LogP contribution in [0.5, 0.6) is 0 Å². The summed E-state index contributed by atoms with van der Waals surface area (Å²) >= 11 is 0. The fraction of sp³-hybridized carbons (Fsp3) is 0.333. The Labute approximate surface area is 116 Å². The maximum atomic E-state index is 13.0. The number of carboxylic acids is 1. The molecule has 1 aromatic carbocycles. The van der Waals surface area contributed by atoms with Gasteiger partial charge in [-0.3, -0.25) is 0 Å². The van der Waals surface area contributed by atoms with Crippen molar-refractivity contribution in [1.29, 1.82) is 0 Å². The molecule has 1 heterocycles. The van der Waals surface area contributed by atoms with E-state index in [4.69, 9.17) is 0 Å². The maximum Gasteiger partial charge on any atom is 0.339 e. The molecule has 0 atom stereocenters. The summed E-state index contributed by atoms with van der Waals surface area (Å²) in [7, 11) is 0. The quantitative estimate of drug-likeness (QED) is 0.907. The van der Waals surface area contributed by atoms with Crippen molar-refractivity contribution in [2.45, 2.75) is 32.6 Å². The van der Waals surface area contributed by atoms with Crippen LogP contribution in [0.2, 0.25) is 0 Å². The van der Waals surface area contributed by atoms with Crippen LogP contribution >= 0.6 is 0 Å². The van der Waals surface area contributed by atoms with Crippen molar-refractivity contribution < 1.29 is 14.3 Å². The molecule has 0 radical (unpaired) electrons. The number of hydrogen-bond donors (Lipinski definition) is 1. The van der Waals surface area contributed by atoms with Crippen molar-refractivity contribution in [3.63, 3.8) is 0 Å². The second kappa shape index (κ2) is 5.86. The van der Waals surface area contributed by atoms with Crippen LogP contribution in [0.25, 0.3) is 5.69 Å². The van der Waals surface area contributed by atoms with Crippen LogP contribution in [0.4, 0.5) is 4.39 Å². The first-order valence-corrected chi connectivity index (χ1v) is 6.65. The van der Waals surface area contributed by atoms with Crippen molar-refractivity contribution >= 4 is 5.97 Å². The Kier molecular flexibility index (Phi) is 4.17. The third-order valence-corrected chi connectivity index (χ3v) is 3.48. The number of nitrogens with zero attached hydrogens (tertiary/aromatic N) is 2. The zero-order chi connectivity index (χ0) is 14.7. The first kappa shape index (κ1) is 14.2. The topological polar surface area (TPSA) is 55.1 Å². The Balaban J connectivity index is 2.58. The summed E-state index contributed by atoms with van der Waals surface area (Å²) in [6.07, 6.45) is 3.01. The molecule has 5 heteroatoms. The molecule has 0 aliphatic rings. The highest BCUT2D eigenvalue weighted by Crippen LogP contribution is 2.28. The van der Waals surface area contributed by atoms with E-state index in [0.717, 1.165) is 12.8 Å². The van der Waals surface area contributed by atoms with E-state index in [9.17, 15) is 14.3 Å². The van der Waals surface area contributed by atoms with Gasteiger partial charge in [-0.2, -0.15) is 5.10 Å². The number of benzene rings is 1. The molecule has 0 saturated heterocycles. The van der Waals surface area contributed by atoms with Gasteiger partial charge in [0.25, 0.3) is 0 Å². The summed E-state index contributed by atoms with van der Waals surface area (Å²) < 4.78 is 14.6. The molecule has 20 heavy (non-hydrogen) atoms. The van der Waals surface area contributed by atoms with Crippen LogP contribution in [-0.4, -0.2) is 20.9 Å². The van der Waals surface area contributed by atoms with Crippen LogP contribution in [0.1, 0.15) is 48.7 Å². The fourth-order valence-corrected chi connectivity index (χ4v) is 2.38. The molecule has 0 amide bonds. The molecular formula is C15H17FN2O2. The minimum absolute atomic E-state index is 0.105. The first-order valence-electron chi connectivity index (χ1n) is 6.65. The lowest BCUT2D eigenvalue weighted by molar-refractivity contribution is 0.0695. The standard InChI is InChI=1S/C15H17FN2O2/c1-3-10(4-2)14-13(15(19)20)9-17-18(14)12-7-5-11(16)6-8-12/h5-10H,3-4H2,1-2H3,(H,19,20). The second-order valence-corrected chi connectivity index (χ2v) is 4.65. The zero-order valence-electron chi connectivity index (χ0n) is 11.5. The van der Waals surface area contributed by atoms with Gasteiger partial charge >= 0.3 is 5.97 Å². The van der Waals surface area contributed by atoms with Gasteiger partial charge in [-0.15, -0.1) is 0 Å². The summed E-state index contributed by atoms with van der Waals surface area (Å²) in [6, 6.07) is 5.88. The van der Waals surface area contributed by atoms with Gasteiger partial charge in [0.05, 0.1) is 17.6 Å². The van der Waals surface area contributed by atoms with Gasteiger partial charge in [-0.25, -0.2) is 13.9 Å². The van der Waals surface area contributed by atoms with Gasteiger partial charge in [-0.05, 0) is 37.1 Å². The minimum Gasteiger partial charge on any atom is -0.478 e. The van der Waals surface area contributed by atoms with Crippen LogP contribution < -0.4 is 0 Å². The molecule has 0 saturated carbocycles. The van der Waals surface area contributed by atoms with E-state index < -0.39 is 5.97 Å². The van der Waals surface area contributed by atoms with Gasteiger partial charge < -0.3 is 5.11 Å². The predicted octanol–water partition coefficient (Wildman–Crippen LogP) is 3.61. The van der Waals surface area contributed by atoms with Crippen molar-refractivity contribution in [2.24, 2.45) is 0 Å². The number of carbonyl (C=O) groups is 1. The number of carboxylic acid groups (broad SMARTS) is 1. The second-order valence-electron chi connectivity index (χ2n) is 4.65. The first-order chi connectivity index (χ1) is 9.58. The lowest BCUT2D eigenvalue weighted by atomic mass is 9.96. The smallest absolute Gasteiger partial charge is 0.339 e. The van der Waals surface area contributed by atoms with Crippen molar-refractivity contribution in [2.75, 3.05) is 0 Å². The summed E-state index contributed by atoms with van der Waals surface area (Å²) in [5.74, 6) is -1.21. The highest BCUT2D eigenvalue weighted by Gasteiger charge is 2.23. The molecule has 4 nitrogen and oxygen atoms in total. The van der Waals surface area contributed by atoms with Crippen molar-refractivity contribution in [3.05, 3.63) is 47.5 Å². The summed E-state index contributed by atoms with van der Waals surface area (Å²) in [5.41, 5.74) is 1.55. The molecular weight excluding hydrogens is 259 g/mol. The average Bonchev–Trinajstić information content (AvgIpc) is 2.86. The number of halogens is 1. The number of hydrogen-bond acceptors (Lipinski definition) is 2. The van der Waals surface area contributed by atoms with E-state index in [2.05, 4.69) is 5.10 Å². The normalized spacial score (nSPS) is 11.0. The summed E-state index contributed by atoms with van der Waals surface area (Å²) in [5, 5.41) is 13.5. The van der Waals surface area contributed by atoms with Gasteiger partial charge in [0, 0.05) is 5.92 Å². The van der Waals surface area contributed by atoms with Gasteiger partial charge in [0.15, 0.2) is 0 Å². The highest BCUT2D eigenvalue weighted by atomic mass is 19.1. The van der Waals surface area contributed by atoms with Crippen LogP contribution in [0, 0.1) is 5.82 Å². The van der Waals surface area contributed by atoms with E-state index in [1.807, 2.05) is 13.8 Å². The third-order valence-electron chi connectivity index (χ3n) is 3.48. The largest absolute Gasteiger partial charge is 0.478 e. The monoisotopic (exact) mass is 276 g/mol. The van der Waals surface area contributed by atoms with Gasteiger partial charge in [0.1, 0.15) is 11.4 Å². The van der Waals surface area contributed by atoms with Crippen LogP contribution in [0.3, 0.4) is 0 Å². The van der Waals surface area contributed by atoms with E-state index in [1.54, 1.807) is 16.8 Å². The molecule has 0 spiro atoms. The fourth-order valence-electron chi connectivity index (χ4n) is 2.38. The lowest BCUT2D eigenvalue weighted by Gasteiger charge is -2.16. The lowest BCUT2D eigenvalue weighted by Crippen LogP contribution is -2.11. The maximum absolute atomic E-state index is 13.0. The Morgan fingerprint density at radius 2 is 1.90 bits per heavy atom. The molecule has 0 unspecified atom stereocenters. The van der Waals surface area contributed by atoms with Gasteiger partial charge in [0.2, 0.25) is 0 Å². The van der Waals surface area contributed by atoms with Crippen LogP contribution in [0.15, 0.2) is 30.5 Å². The molecule has 0 bridgehead atoms. The Hall–Kier alpha value is -2.17. The average molecular weight is 276 g/mol. The number of aromatic carboxylic acids is 1. The highest BCUT2D eigenvalue weighted by molar-refractivity contribution is 5.89. The molecule has 1 N–H and O–H groups in total. The third kappa shape index (κ3) is 2.57. The molecule has 2 rings (SSSR count). The number of rotatable bonds is 5. The van der Waals surface area contributed by atoms with Crippen LogP contribution in [-0.2, 0) is 0 Å². The molecule has 1 aromatic heterocycles. The Bertz CT molecular complexity index is 601. The molecule has 2 aromatic rings. The SMILES string of the molecule is CCC(CC)c1c(C(=O)O)cnn1-c1ccc(F)cc1. The number of aromatic nitrogens is 2. The van der Waals surface area contributed by atoms with Crippen molar-refractivity contribution in [1.82, 2.24) is 9.78 Å². The van der Waals surface area contributed by atoms with E-state index >= 15 is 0 Å². The molecule has 0 aliphatic heterocycles. The van der Waals surface area contributed by atoms with E-state index in [1.165, 1.54) is 18.3 Å². The predicted molar refractivity (Wildman–Crippen MR) is 73.8 cm³/mol. The van der Waals surface area contributed by atoms with E-state index in [0.29, 0.717) is 11.4 Å². The van der Waals surface area contributed by atoms with Crippen molar-refractivity contribution in [3.8, 4) is 5.69 Å². The Morgan fingerprint density at radius 1 is 1.30 bits per heavy atom. The van der Waals surface area contributed by atoms with Gasteiger partial charge in [-0.1, -0.05) is 13.8 Å². The summed E-state index contributed by atoms with van der Waals surface area (Å²) in [4.78, 5) is 11.3. The molecule has 0 fully saturated rings. The Morgan fingerprint density at radius 3 is 2.40 bits per heavy atom. The molecule has 0 aliphatic carbocycles. The zero-order valence-corrected chi connectivity index (χ0v) is 11.5. The minimum atomic E-state index is -0.986. The molecule has 106 valence electrons.